The smallest absolute Gasteiger partial charge is 0.211 e. The molecule has 2 nitrogen and oxygen atoms in total. The van der Waals surface area contributed by atoms with Gasteiger partial charge in [0.05, 0.1) is 6.04 Å². The Labute approximate surface area is 100 Å². The molecule has 84 valence electrons. The summed E-state index contributed by atoms with van der Waals surface area (Å²) in [5.41, 5.74) is 2.37. The number of nitrogens with zero attached hydrogens (tertiary/aromatic N) is 1. The van der Waals surface area contributed by atoms with Crippen LogP contribution in [0, 0.1) is 12.8 Å². The Bertz CT molecular complexity index is 389. The van der Waals surface area contributed by atoms with Gasteiger partial charge in [-0.1, -0.05) is 29.8 Å². The average Bonchev–Trinajstić information content (AvgIpc) is 2.81. The molecular weight excluding hydrogens is 218 g/mol. The standard InChI is InChI=1S/C13H15NOS/c1-10-2-4-11(5-3-10)13(14-9-15)12-6-7-16-8-12/h2-5,12-13H,6-8H2,1H3. The van der Waals surface area contributed by atoms with E-state index in [4.69, 9.17) is 0 Å². The van der Waals surface area contributed by atoms with Crippen molar-refractivity contribution >= 4 is 17.8 Å². The molecule has 0 saturated carbocycles. The highest BCUT2D eigenvalue weighted by molar-refractivity contribution is 7.99. The maximum Gasteiger partial charge on any atom is 0.235 e. The van der Waals surface area contributed by atoms with Crippen LogP contribution < -0.4 is 0 Å². The van der Waals surface area contributed by atoms with E-state index in [1.54, 1.807) is 6.08 Å². The lowest BCUT2D eigenvalue weighted by Gasteiger charge is -2.17. The first-order valence-electron chi connectivity index (χ1n) is 5.52. The lowest BCUT2D eigenvalue weighted by atomic mass is 9.92. The molecule has 0 spiro atoms. The molecule has 2 unspecified atom stereocenters. The third-order valence-corrected chi connectivity index (χ3v) is 4.21. The van der Waals surface area contributed by atoms with Gasteiger partial charge in [-0.3, -0.25) is 0 Å². The normalized spacial score (nSPS) is 21.4. The minimum atomic E-state index is 0.00750. The zero-order chi connectivity index (χ0) is 11.4. The Morgan fingerprint density at radius 3 is 2.75 bits per heavy atom. The van der Waals surface area contributed by atoms with Gasteiger partial charge in [-0.2, -0.15) is 16.8 Å². The van der Waals surface area contributed by atoms with Gasteiger partial charge in [0.1, 0.15) is 0 Å². The third kappa shape index (κ3) is 2.55. The number of benzene rings is 1. The Morgan fingerprint density at radius 2 is 2.19 bits per heavy atom. The lowest BCUT2D eigenvalue weighted by Crippen LogP contribution is -2.10. The number of aryl methyl sites for hydroxylation is 1. The first kappa shape index (κ1) is 11.4. The summed E-state index contributed by atoms with van der Waals surface area (Å²) in [6.07, 6.45) is 2.87. The highest BCUT2D eigenvalue weighted by Gasteiger charge is 2.26. The molecule has 0 radical (unpaired) electrons. The summed E-state index contributed by atoms with van der Waals surface area (Å²) in [5, 5.41) is 0. The van der Waals surface area contributed by atoms with Crippen molar-refractivity contribution in [1.29, 1.82) is 0 Å². The molecule has 0 amide bonds. The van der Waals surface area contributed by atoms with Crippen molar-refractivity contribution in [3.05, 3.63) is 35.4 Å². The minimum Gasteiger partial charge on any atom is -0.211 e. The van der Waals surface area contributed by atoms with Crippen LogP contribution in [0.25, 0.3) is 0 Å². The number of hydrogen-bond donors (Lipinski definition) is 0. The van der Waals surface area contributed by atoms with Gasteiger partial charge in [0.15, 0.2) is 0 Å². The van der Waals surface area contributed by atoms with Crippen molar-refractivity contribution in [1.82, 2.24) is 0 Å². The van der Waals surface area contributed by atoms with E-state index in [2.05, 4.69) is 36.2 Å². The average molecular weight is 233 g/mol. The van der Waals surface area contributed by atoms with Crippen molar-refractivity contribution < 1.29 is 4.79 Å². The molecular formula is C13H15NOS. The largest absolute Gasteiger partial charge is 0.235 e. The van der Waals surface area contributed by atoms with Gasteiger partial charge in [0, 0.05) is 0 Å². The summed E-state index contributed by atoms with van der Waals surface area (Å²) < 4.78 is 0. The molecule has 1 fully saturated rings. The van der Waals surface area contributed by atoms with Crippen LogP contribution in [0.5, 0.6) is 0 Å². The predicted octanol–water partition coefficient (Wildman–Crippen LogP) is 3.13. The number of hydrogen-bond acceptors (Lipinski definition) is 3. The Kier molecular flexibility index (Phi) is 3.81. The maximum atomic E-state index is 10.5. The van der Waals surface area contributed by atoms with Gasteiger partial charge >= 0.3 is 0 Å². The number of aliphatic imine (C=N–C) groups is 1. The van der Waals surface area contributed by atoms with Crippen LogP contribution in [0.15, 0.2) is 29.3 Å². The molecule has 0 N–H and O–H groups in total. The number of thioether (sulfide) groups is 1. The second kappa shape index (κ2) is 5.33. The van der Waals surface area contributed by atoms with E-state index in [0.29, 0.717) is 5.92 Å². The highest BCUT2D eigenvalue weighted by atomic mass is 32.2. The number of rotatable bonds is 3. The lowest BCUT2D eigenvalue weighted by molar-refractivity contribution is 0.476. The van der Waals surface area contributed by atoms with Crippen molar-refractivity contribution in [3.63, 3.8) is 0 Å². The molecule has 2 atom stereocenters. The second-order valence-electron chi connectivity index (χ2n) is 4.20. The summed E-state index contributed by atoms with van der Waals surface area (Å²) in [6, 6.07) is 8.30. The second-order valence-corrected chi connectivity index (χ2v) is 5.35. The number of carbonyl (C=O) groups excluding carboxylic acids is 1. The Hall–Kier alpha value is -1.05. The van der Waals surface area contributed by atoms with E-state index >= 15 is 0 Å². The van der Waals surface area contributed by atoms with Gasteiger partial charge in [-0.15, -0.1) is 0 Å². The van der Waals surface area contributed by atoms with E-state index in [-0.39, 0.29) is 6.04 Å². The van der Waals surface area contributed by atoms with E-state index < -0.39 is 0 Å². The molecule has 0 aromatic heterocycles. The third-order valence-electron chi connectivity index (χ3n) is 3.02. The van der Waals surface area contributed by atoms with Crippen LogP contribution in [-0.4, -0.2) is 17.6 Å². The molecule has 1 aromatic rings. The van der Waals surface area contributed by atoms with E-state index in [1.165, 1.54) is 11.3 Å². The first-order valence-corrected chi connectivity index (χ1v) is 6.68. The molecule has 16 heavy (non-hydrogen) atoms. The fourth-order valence-corrected chi connectivity index (χ4v) is 3.36. The van der Waals surface area contributed by atoms with Crippen molar-refractivity contribution in [2.45, 2.75) is 19.4 Å². The van der Waals surface area contributed by atoms with Crippen LogP contribution >= 0.6 is 11.8 Å². The molecule has 0 bridgehead atoms. The number of isocyanates is 1. The first-order chi connectivity index (χ1) is 7.81. The van der Waals surface area contributed by atoms with Crippen LogP contribution in [0.2, 0.25) is 0 Å². The van der Waals surface area contributed by atoms with Crippen molar-refractivity contribution in [2.24, 2.45) is 10.9 Å². The summed E-state index contributed by atoms with van der Waals surface area (Å²) >= 11 is 1.94. The fourth-order valence-electron chi connectivity index (χ4n) is 2.07. The van der Waals surface area contributed by atoms with Gasteiger partial charge in [-0.05, 0) is 36.3 Å². The summed E-state index contributed by atoms with van der Waals surface area (Å²) in [7, 11) is 0. The molecule has 0 aliphatic carbocycles. The van der Waals surface area contributed by atoms with Gasteiger partial charge in [0.25, 0.3) is 0 Å². The molecule has 1 aliphatic heterocycles. The van der Waals surface area contributed by atoms with E-state index in [0.717, 1.165) is 17.7 Å². The molecule has 1 aliphatic rings. The molecule has 3 heteroatoms. The SMILES string of the molecule is Cc1ccc(C(N=C=O)C2CCSC2)cc1. The monoisotopic (exact) mass is 233 g/mol. The molecule has 1 aromatic carbocycles. The predicted molar refractivity (Wildman–Crippen MR) is 67.5 cm³/mol. The summed E-state index contributed by atoms with van der Waals surface area (Å²) in [5.74, 6) is 2.78. The zero-order valence-electron chi connectivity index (χ0n) is 9.35. The van der Waals surface area contributed by atoms with Gasteiger partial charge in [0.2, 0.25) is 6.08 Å². The Balaban J connectivity index is 2.24. The minimum absolute atomic E-state index is 0.00750. The molecule has 2 rings (SSSR count). The van der Waals surface area contributed by atoms with Crippen molar-refractivity contribution in [2.75, 3.05) is 11.5 Å². The Morgan fingerprint density at radius 1 is 1.44 bits per heavy atom. The molecule has 1 saturated heterocycles. The highest BCUT2D eigenvalue weighted by Crippen LogP contribution is 2.36. The molecule has 1 heterocycles. The topological polar surface area (TPSA) is 29.4 Å². The van der Waals surface area contributed by atoms with Gasteiger partial charge in [-0.25, -0.2) is 4.79 Å². The van der Waals surface area contributed by atoms with Gasteiger partial charge < -0.3 is 0 Å². The maximum absolute atomic E-state index is 10.5. The van der Waals surface area contributed by atoms with Crippen molar-refractivity contribution in [3.8, 4) is 0 Å². The zero-order valence-corrected chi connectivity index (χ0v) is 10.2. The van der Waals surface area contributed by atoms with E-state index in [1.807, 2.05) is 11.8 Å². The van der Waals surface area contributed by atoms with Crippen LogP contribution in [-0.2, 0) is 4.79 Å². The van der Waals surface area contributed by atoms with Crippen LogP contribution in [0.4, 0.5) is 0 Å². The van der Waals surface area contributed by atoms with Crippen LogP contribution in [0.1, 0.15) is 23.6 Å². The summed E-state index contributed by atoms with van der Waals surface area (Å²) in [6.45, 7) is 2.06. The summed E-state index contributed by atoms with van der Waals surface area (Å²) in [4.78, 5) is 14.5. The fraction of sp³-hybridized carbons (Fsp3) is 0.462. The van der Waals surface area contributed by atoms with E-state index in [9.17, 15) is 4.79 Å². The quantitative estimate of drug-likeness (QED) is 0.593. The van der Waals surface area contributed by atoms with Crippen LogP contribution in [0.3, 0.4) is 0 Å².